The number of aliphatic hydroxyl groups excluding tert-OH is 1. The molecular weight excluding hydrogens is 204 g/mol. The van der Waals surface area contributed by atoms with E-state index in [1.54, 1.807) is 0 Å². The van der Waals surface area contributed by atoms with E-state index >= 15 is 0 Å². The molecule has 0 aliphatic carbocycles. The van der Waals surface area contributed by atoms with E-state index in [0.29, 0.717) is 0 Å². The number of hydrogen-bond donors (Lipinski definition) is 1. The topological polar surface area (TPSA) is 20.2 Å². The van der Waals surface area contributed by atoms with Crippen LogP contribution in [0.5, 0.6) is 0 Å². The van der Waals surface area contributed by atoms with Crippen molar-refractivity contribution in [3.8, 4) is 0 Å². The van der Waals surface area contributed by atoms with E-state index in [9.17, 15) is 0 Å². The van der Waals surface area contributed by atoms with E-state index in [4.69, 9.17) is 5.11 Å². The summed E-state index contributed by atoms with van der Waals surface area (Å²) in [6, 6.07) is 0. The summed E-state index contributed by atoms with van der Waals surface area (Å²) in [5.41, 5.74) is 0. The molecule has 1 nitrogen and oxygen atoms in total. The average molecular weight is 216 g/mol. The van der Waals surface area contributed by atoms with Crippen molar-refractivity contribution in [2.75, 3.05) is 0 Å². The van der Waals surface area contributed by atoms with E-state index in [2.05, 4.69) is 6.92 Å². The van der Waals surface area contributed by atoms with Gasteiger partial charge in [-0.25, -0.2) is 0 Å². The van der Waals surface area contributed by atoms with E-state index in [1.807, 2.05) is 6.92 Å². The Labute approximate surface area is 55.2 Å². The van der Waals surface area contributed by atoms with Gasteiger partial charge in [0.05, 0.1) is 0 Å². The summed E-state index contributed by atoms with van der Waals surface area (Å²) in [6.45, 7) is 4.05. The van der Waals surface area contributed by atoms with Crippen LogP contribution in [0.15, 0.2) is 0 Å². The van der Waals surface area contributed by atoms with Crippen molar-refractivity contribution < 1.29 is 5.11 Å². The second-order valence-electron chi connectivity index (χ2n) is 1.51. The van der Waals surface area contributed by atoms with Crippen LogP contribution in [0.2, 0.25) is 8.94 Å². The third-order valence-electron chi connectivity index (χ3n) is 0.563. The van der Waals surface area contributed by atoms with Crippen LogP contribution in [-0.4, -0.2) is 32.1 Å². The zero-order valence-corrected chi connectivity index (χ0v) is 7.18. The molecule has 0 heterocycles. The first-order valence-electron chi connectivity index (χ1n) is 2.53. The van der Waals surface area contributed by atoms with Crippen molar-refractivity contribution in [2.24, 2.45) is 0 Å². The van der Waals surface area contributed by atoms with Crippen molar-refractivity contribution in [3.63, 3.8) is 0 Å². The zero-order valence-electron chi connectivity index (χ0n) is 4.85. The van der Waals surface area contributed by atoms with Crippen molar-refractivity contribution >= 4 is 20.9 Å². The molecule has 0 spiro atoms. The van der Waals surface area contributed by atoms with Gasteiger partial charge < -0.3 is 0 Å². The predicted molar refractivity (Wildman–Crippen MR) is 32.7 cm³/mol. The van der Waals surface area contributed by atoms with Crippen LogP contribution in [0.1, 0.15) is 13.8 Å². The molecule has 44 valence electrons. The molecule has 0 radical (unpaired) electrons. The molecule has 0 amide bonds. The second kappa shape index (κ2) is 4.90. The fourth-order valence-corrected chi connectivity index (χ4v) is 1.93. The molecule has 0 bridgehead atoms. The molecule has 7 heavy (non-hydrogen) atoms. The van der Waals surface area contributed by atoms with Gasteiger partial charge in [0.2, 0.25) is 0 Å². The summed E-state index contributed by atoms with van der Waals surface area (Å²) < 4.78 is 2.40. The van der Waals surface area contributed by atoms with Crippen LogP contribution in [0, 0.1) is 0 Å². The van der Waals surface area contributed by atoms with Crippen LogP contribution in [0.4, 0.5) is 0 Å². The molecule has 0 aromatic heterocycles. The molecule has 2 heteroatoms. The fraction of sp³-hybridized carbons (Fsp3) is 1.00. The first kappa shape index (κ1) is 7.75. The van der Waals surface area contributed by atoms with Crippen LogP contribution < -0.4 is 0 Å². The molecule has 1 unspecified atom stereocenters. The first-order valence-corrected chi connectivity index (χ1v) is 5.82. The summed E-state index contributed by atoms with van der Waals surface area (Å²) >= 11 is 0.190. The molecule has 0 aromatic rings. The van der Waals surface area contributed by atoms with Gasteiger partial charge in [-0.1, -0.05) is 0 Å². The van der Waals surface area contributed by atoms with Gasteiger partial charge in [0, 0.05) is 0 Å². The molecule has 0 aliphatic rings. The number of rotatable bonds is 3. The maximum atomic E-state index is 8.72. The quantitative estimate of drug-likeness (QED) is 0.695. The molecule has 0 rings (SSSR count). The summed E-state index contributed by atoms with van der Waals surface area (Å²) in [7, 11) is 0. The normalized spacial score (nSPS) is 14.1. The third-order valence-corrected chi connectivity index (χ3v) is 3.78. The summed E-state index contributed by atoms with van der Waals surface area (Å²) in [4.78, 5) is 0. The molecule has 0 saturated carbocycles. The van der Waals surface area contributed by atoms with E-state index in [0.717, 1.165) is 4.47 Å². The molecular formula is C5H12OTe. The first-order chi connectivity index (χ1) is 3.27. The monoisotopic (exact) mass is 218 g/mol. The summed E-state index contributed by atoms with van der Waals surface area (Å²) in [6.07, 6.45) is -0.0395. The van der Waals surface area contributed by atoms with Gasteiger partial charge in [0.15, 0.2) is 0 Å². The van der Waals surface area contributed by atoms with Gasteiger partial charge in [0.1, 0.15) is 0 Å². The Kier molecular flexibility index (Phi) is 5.42. The van der Waals surface area contributed by atoms with Gasteiger partial charge >= 0.3 is 54.9 Å². The average Bonchev–Trinajstić information content (AvgIpc) is 1.61. The Morgan fingerprint density at radius 2 is 2.29 bits per heavy atom. The van der Waals surface area contributed by atoms with Gasteiger partial charge in [-0.15, -0.1) is 0 Å². The van der Waals surface area contributed by atoms with Gasteiger partial charge in [-0.05, 0) is 0 Å². The molecule has 0 aromatic carbocycles. The molecule has 1 atom stereocenters. The summed E-state index contributed by atoms with van der Waals surface area (Å²) in [5, 5.41) is 8.72. The SMILES string of the molecule is CC[Te]CC(C)O. The van der Waals surface area contributed by atoms with E-state index < -0.39 is 0 Å². The molecule has 1 N–H and O–H groups in total. The van der Waals surface area contributed by atoms with Crippen molar-refractivity contribution in [2.45, 2.75) is 28.9 Å². The second-order valence-corrected chi connectivity index (χ2v) is 5.27. The van der Waals surface area contributed by atoms with Crippen LogP contribution in [0.25, 0.3) is 0 Å². The van der Waals surface area contributed by atoms with Crippen molar-refractivity contribution in [1.82, 2.24) is 0 Å². The van der Waals surface area contributed by atoms with Gasteiger partial charge in [0.25, 0.3) is 0 Å². The third kappa shape index (κ3) is 6.75. The zero-order chi connectivity index (χ0) is 5.70. The van der Waals surface area contributed by atoms with E-state index in [-0.39, 0.29) is 27.0 Å². The molecule has 0 fully saturated rings. The molecule has 0 saturated heterocycles. The minimum atomic E-state index is -0.0395. The Balaban J connectivity index is 2.68. The van der Waals surface area contributed by atoms with Crippen LogP contribution >= 0.6 is 0 Å². The fourth-order valence-electron chi connectivity index (χ4n) is 0.288. The Bertz CT molecular complexity index is 37.1. The van der Waals surface area contributed by atoms with Crippen molar-refractivity contribution in [1.29, 1.82) is 0 Å². The van der Waals surface area contributed by atoms with Gasteiger partial charge in [-0.2, -0.15) is 0 Å². The maximum absolute atomic E-state index is 8.72. The molecule has 0 aliphatic heterocycles. The minimum absolute atomic E-state index is 0.0395. The van der Waals surface area contributed by atoms with Crippen LogP contribution in [0.3, 0.4) is 0 Å². The van der Waals surface area contributed by atoms with Gasteiger partial charge in [-0.3, -0.25) is 0 Å². The summed E-state index contributed by atoms with van der Waals surface area (Å²) in [5.74, 6) is 0. The van der Waals surface area contributed by atoms with E-state index in [1.165, 1.54) is 4.47 Å². The van der Waals surface area contributed by atoms with Crippen LogP contribution in [-0.2, 0) is 0 Å². The number of aliphatic hydroxyl groups is 1. The number of hydrogen-bond acceptors (Lipinski definition) is 1. The van der Waals surface area contributed by atoms with Crippen molar-refractivity contribution in [3.05, 3.63) is 0 Å². The standard InChI is InChI=1S/C5H12OTe/c1-3-7-4-5(2)6/h5-6H,3-4H2,1-2H3. The predicted octanol–water partition coefficient (Wildman–Crippen LogP) is 0.928. The Morgan fingerprint density at radius 1 is 1.71 bits per heavy atom. The Hall–Kier alpha value is 0.750. The Morgan fingerprint density at radius 3 is 2.43 bits per heavy atom.